The molecule has 0 aliphatic heterocycles. The number of hydrogen-bond donors (Lipinski definition) is 0. The molecule has 1 aromatic rings. The zero-order chi connectivity index (χ0) is 13.2. The quantitative estimate of drug-likeness (QED) is 0.760. The molecule has 0 amide bonds. The summed E-state index contributed by atoms with van der Waals surface area (Å²) in [6.07, 6.45) is -7.82. The maximum atomic E-state index is 12.6. The van der Waals surface area contributed by atoms with Gasteiger partial charge in [0.25, 0.3) is 6.43 Å². The average Bonchev–Trinajstić information content (AvgIpc) is 2.14. The van der Waals surface area contributed by atoms with Crippen molar-refractivity contribution >= 4 is 0 Å². The third-order valence-electron chi connectivity index (χ3n) is 1.89. The second-order valence-electron chi connectivity index (χ2n) is 2.97. The summed E-state index contributed by atoms with van der Waals surface area (Å²) in [6, 6.07) is 1.50. The number of alkyl halides is 5. The van der Waals surface area contributed by atoms with Crippen molar-refractivity contribution in [3.8, 4) is 11.8 Å². The highest BCUT2D eigenvalue weighted by Gasteiger charge is 2.34. The van der Waals surface area contributed by atoms with Gasteiger partial charge in [0.2, 0.25) is 0 Å². The molecule has 1 aromatic heterocycles. The number of hydrogen-bond acceptors (Lipinski definition) is 3. The van der Waals surface area contributed by atoms with Gasteiger partial charge in [0.15, 0.2) is 5.75 Å². The molecular weight excluding hydrogens is 247 g/mol. The molecule has 17 heavy (non-hydrogen) atoms. The highest BCUT2D eigenvalue weighted by Crippen LogP contribution is 2.35. The van der Waals surface area contributed by atoms with Crippen molar-refractivity contribution in [3.05, 3.63) is 23.0 Å². The molecule has 0 aliphatic rings. The summed E-state index contributed by atoms with van der Waals surface area (Å²) in [4.78, 5) is 3.30. The van der Waals surface area contributed by atoms with Crippen molar-refractivity contribution in [2.45, 2.75) is 19.7 Å². The zero-order valence-electron chi connectivity index (χ0n) is 8.35. The second-order valence-corrected chi connectivity index (χ2v) is 2.97. The Hall–Kier alpha value is -1.91. The van der Waals surface area contributed by atoms with E-state index in [1.54, 1.807) is 0 Å². The number of halogens is 5. The third-order valence-corrected chi connectivity index (χ3v) is 1.89. The standard InChI is InChI=1S/C9H5F5N2O/c1-4-5(2-15)16-3-6(7(4)8(10)11)17-9(12,13)14/h3,8H,1H3. The van der Waals surface area contributed by atoms with Crippen molar-refractivity contribution in [1.29, 1.82) is 5.26 Å². The lowest BCUT2D eigenvalue weighted by Gasteiger charge is -2.14. The molecule has 0 saturated heterocycles. The van der Waals surface area contributed by atoms with E-state index in [2.05, 4.69) is 9.72 Å². The number of rotatable bonds is 2. The Morgan fingerprint density at radius 2 is 2.00 bits per heavy atom. The number of aromatic nitrogens is 1. The van der Waals surface area contributed by atoms with Crippen LogP contribution in [0.15, 0.2) is 6.20 Å². The van der Waals surface area contributed by atoms with E-state index in [0.717, 1.165) is 6.92 Å². The molecular formula is C9H5F5N2O. The van der Waals surface area contributed by atoms with Crippen LogP contribution >= 0.6 is 0 Å². The van der Waals surface area contributed by atoms with Crippen molar-refractivity contribution in [3.63, 3.8) is 0 Å². The van der Waals surface area contributed by atoms with Gasteiger partial charge >= 0.3 is 6.36 Å². The van der Waals surface area contributed by atoms with Crippen LogP contribution in [-0.2, 0) is 0 Å². The van der Waals surface area contributed by atoms with Crippen LogP contribution in [0, 0.1) is 18.3 Å². The Kier molecular flexibility index (Phi) is 3.50. The van der Waals surface area contributed by atoms with Gasteiger partial charge in [0, 0.05) is 0 Å². The fourth-order valence-corrected chi connectivity index (χ4v) is 1.19. The number of ether oxygens (including phenoxy) is 1. The van der Waals surface area contributed by atoms with E-state index in [1.807, 2.05) is 0 Å². The SMILES string of the molecule is Cc1c(C#N)ncc(OC(F)(F)F)c1C(F)F. The van der Waals surface area contributed by atoms with Gasteiger partial charge in [-0.1, -0.05) is 0 Å². The minimum Gasteiger partial charge on any atom is -0.404 e. The monoisotopic (exact) mass is 252 g/mol. The van der Waals surface area contributed by atoms with Gasteiger partial charge < -0.3 is 4.74 Å². The maximum absolute atomic E-state index is 12.6. The number of nitriles is 1. The second kappa shape index (κ2) is 4.53. The summed E-state index contributed by atoms with van der Waals surface area (Å²) in [7, 11) is 0. The Morgan fingerprint density at radius 3 is 2.41 bits per heavy atom. The smallest absolute Gasteiger partial charge is 0.404 e. The summed E-state index contributed by atoms with van der Waals surface area (Å²) >= 11 is 0. The van der Waals surface area contributed by atoms with E-state index >= 15 is 0 Å². The van der Waals surface area contributed by atoms with Gasteiger partial charge in [-0.05, 0) is 12.5 Å². The van der Waals surface area contributed by atoms with E-state index in [0.29, 0.717) is 6.20 Å². The first-order valence-corrected chi connectivity index (χ1v) is 4.19. The Labute approximate surface area is 92.4 Å². The molecule has 0 radical (unpaired) electrons. The Balaban J connectivity index is 3.33. The molecule has 0 bridgehead atoms. The minimum atomic E-state index is -5.09. The van der Waals surface area contributed by atoms with Gasteiger partial charge in [-0.3, -0.25) is 0 Å². The molecule has 0 unspecified atom stereocenters. The molecule has 8 heteroatoms. The van der Waals surface area contributed by atoms with Crippen LogP contribution < -0.4 is 4.74 Å². The van der Waals surface area contributed by atoms with Crippen LogP contribution in [0.1, 0.15) is 23.2 Å². The first kappa shape index (κ1) is 13.2. The topological polar surface area (TPSA) is 45.9 Å². The van der Waals surface area contributed by atoms with Gasteiger partial charge in [0.1, 0.15) is 11.8 Å². The Bertz CT molecular complexity index is 464. The lowest BCUT2D eigenvalue weighted by Crippen LogP contribution is -2.19. The van der Waals surface area contributed by atoms with Crippen LogP contribution in [-0.4, -0.2) is 11.3 Å². The van der Waals surface area contributed by atoms with E-state index in [4.69, 9.17) is 5.26 Å². The fourth-order valence-electron chi connectivity index (χ4n) is 1.19. The molecule has 0 aliphatic carbocycles. The van der Waals surface area contributed by atoms with Crippen LogP contribution in [0.3, 0.4) is 0 Å². The van der Waals surface area contributed by atoms with Gasteiger partial charge in [-0.25, -0.2) is 13.8 Å². The van der Waals surface area contributed by atoms with Crippen molar-refractivity contribution < 1.29 is 26.7 Å². The summed E-state index contributed by atoms with van der Waals surface area (Å²) in [5.74, 6) is -1.09. The van der Waals surface area contributed by atoms with Gasteiger partial charge in [0.05, 0.1) is 11.8 Å². The van der Waals surface area contributed by atoms with Crippen LogP contribution in [0.25, 0.3) is 0 Å². The van der Waals surface area contributed by atoms with Crippen LogP contribution in [0.5, 0.6) is 5.75 Å². The molecule has 0 aromatic carbocycles. The van der Waals surface area contributed by atoms with E-state index in [1.165, 1.54) is 6.07 Å². The van der Waals surface area contributed by atoms with Gasteiger partial charge in [-0.2, -0.15) is 5.26 Å². The average molecular weight is 252 g/mol. The van der Waals surface area contributed by atoms with Crippen LogP contribution in [0.2, 0.25) is 0 Å². The molecule has 0 atom stereocenters. The molecule has 92 valence electrons. The minimum absolute atomic E-state index is 0.329. The fraction of sp³-hybridized carbons (Fsp3) is 0.333. The van der Waals surface area contributed by atoms with Gasteiger partial charge in [-0.15, -0.1) is 13.2 Å². The highest BCUT2D eigenvalue weighted by atomic mass is 19.4. The number of nitrogens with zero attached hydrogens (tertiary/aromatic N) is 2. The molecule has 1 heterocycles. The third kappa shape index (κ3) is 3.03. The van der Waals surface area contributed by atoms with Crippen LogP contribution in [0.4, 0.5) is 22.0 Å². The maximum Gasteiger partial charge on any atom is 0.573 e. The normalized spacial score (nSPS) is 11.4. The molecule has 0 spiro atoms. The highest BCUT2D eigenvalue weighted by molar-refractivity contribution is 5.45. The summed E-state index contributed by atoms with van der Waals surface area (Å²) in [5, 5.41) is 8.53. The molecule has 0 saturated carbocycles. The predicted octanol–water partition coefficient (Wildman–Crippen LogP) is 3.10. The van der Waals surface area contributed by atoms with Crippen molar-refractivity contribution in [1.82, 2.24) is 4.98 Å². The zero-order valence-corrected chi connectivity index (χ0v) is 8.35. The van der Waals surface area contributed by atoms with Crippen molar-refractivity contribution in [2.75, 3.05) is 0 Å². The molecule has 1 rings (SSSR count). The van der Waals surface area contributed by atoms with E-state index < -0.39 is 24.1 Å². The molecule has 0 fully saturated rings. The molecule has 0 N–H and O–H groups in total. The van der Waals surface area contributed by atoms with E-state index in [9.17, 15) is 22.0 Å². The summed E-state index contributed by atoms with van der Waals surface area (Å²) < 4.78 is 64.4. The first-order chi connectivity index (χ1) is 7.76. The largest absolute Gasteiger partial charge is 0.573 e. The number of pyridine rings is 1. The van der Waals surface area contributed by atoms with Crippen molar-refractivity contribution in [2.24, 2.45) is 0 Å². The lowest BCUT2D eigenvalue weighted by molar-refractivity contribution is -0.275. The summed E-state index contributed by atoms with van der Waals surface area (Å²) in [6.45, 7) is 1.08. The first-order valence-electron chi connectivity index (χ1n) is 4.19. The summed E-state index contributed by atoms with van der Waals surface area (Å²) in [5.41, 5.74) is -1.67. The predicted molar refractivity (Wildman–Crippen MR) is 45.3 cm³/mol. The van der Waals surface area contributed by atoms with E-state index in [-0.39, 0.29) is 11.3 Å². The Morgan fingerprint density at radius 1 is 1.41 bits per heavy atom. The molecule has 3 nitrogen and oxygen atoms in total. The lowest BCUT2D eigenvalue weighted by atomic mass is 10.1.